The molecule has 0 saturated carbocycles. The van der Waals surface area contributed by atoms with E-state index in [-0.39, 0.29) is 0 Å². The Balaban J connectivity index is 1.08. The lowest BCUT2D eigenvalue weighted by atomic mass is 9.93. The molecule has 2 heteroatoms. The van der Waals surface area contributed by atoms with Gasteiger partial charge in [-0.05, 0) is 166 Å². The molecule has 0 saturated heterocycles. The van der Waals surface area contributed by atoms with Gasteiger partial charge in [0.1, 0.15) is 0 Å². The number of aryl methyl sites for hydroxylation is 4. The van der Waals surface area contributed by atoms with Crippen molar-refractivity contribution in [2.24, 2.45) is 0 Å². The monoisotopic (exact) mass is 938 g/mol. The number of benzene rings is 11. The summed E-state index contributed by atoms with van der Waals surface area (Å²) in [5, 5.41) is 7.17. The van der Waals surface area contributed by atoms with E-state index in [1.54, 1.807) is 0 Å². The van der Waals surface area contributed by atoms with Gasteiger partial charge in [0.15, 0.2) is 0 Å². The SMILES string of the molecule is C=CC=C(C=C(C)c1ccc(N(c2ccc(C)cc2C)c2cc3c4ccccc4c(N(c4ccc(-c5cccc(-c6ccccc6)c5)cc4)c4ccc(C)cc4C)cc3c3ccccc23)cc1)c1ccccc1. The smallest absolute Gasteiger partial charge is 0.0546 e. The zero-order valence-electron chi connectivity index (χ0n) is 42.3. The van der Waals surface area contributed by atoms with E-state index in [0.717, 1.165) is 50.8 Å². The van der Waals surface area contributed by atoms with Crippen LogP contribution >= 0.6 is 0 Å². The standard InChI is InChI=1S/C71H58N2/c1-7-19-57(54-20-10-8-11-21-54)44-50(4)53-32-36-60(37-33-53)72(68-40-30-48(2)42-51(68)5)70-46-66-63-27-15-17-29-65(63)71(47-67(66)62-26-14-16-28-64(62)70)73(69-41-31-49(3)43-52(69)6)61-38-34-56(35-39-61)59-25-18-24-58(45-59)55-22-12-9-13-23-55/h7-47H,1H2,2-6H3. The van der Waals surface area contributed by atoms with E-state index in [2.05, 4.69) is 294 Å². The van der Waals surface area contributed by atoms with Crippen molar-refractivity contribution in [1.29, 1.82) is 0 Å². The van der Waals surface area contributed by atoms with Crippen LogP contribution < -0.4 is 9.80 Å². The van der Waals surface area contributed by atoms with Crippen LogP contribution in [-0.4, -0.2) is 0 Å². The Morgan fingerprint density at radius 3 is 1.29 bits per heavy atom. The summed E-state index contributed by atoms with van der Waals surface area (Å²) in [4.78, 5) is 4.94. The van der Waals surface area contributed by atoms with Gasteiger partial charge in [0, 0.05) is 33.5 Å². The lowest BCUT2D eigenvalue weighted by Crippen LogP contribution is -2.13. The number of fused-ring (bicyclic) bond motifs is 5. The molecule has 11 rings (SSSR count). The van der Waals surface area contributed by atoms with Crippen molar-refractivity contribution >= 4 is 77.6 Å². The van der Waals surface area contributed by atoms with Gasteiger partial charge in [0.25, 0.3) is 0 Å². The topological polar surface area (TPSA) is 6.48 Å². The molecule has 0 aliphatic rings. The molecule has 73 heavy (non-hydrogen) atoms. The van der Waals surface area contributed by atoms with Gasteiger partial charge in [-0.15, -0.1) is 0 Å². The number of hydrogen-bond donors (Lipinski definition) is 0. The largest absolute Gasteiger partial charge is 0.310 e. The molecule has 0 unspecified atom stereocenters. The summed E-state index contributed by atoms with van der Waals surface area (Å²) in [5.41, 5.74) is 21.1. The third-order valence-corrected chi connectivity index (χ3v) is 14.3. The van der Waals surface area contributed by atoms with Gasteiger partial charge in [0.05, 0.1) is 11.4 Å². The molecular weight excluding hydrogens is 881 g/mol. The summed E-state index contributed by atoms with van der Waals surface area (Å²) < 4.78 is 0. The van der Waals surface area contributed by atoms with Crippen LogP contribution in [0.15, 0.2) is 255 Å². The van der Waals surface area contributed by atoms with Crippen LogP contribution in [0.3, 0.4) is 0 Å². The maximum Gasteiger partial charge on any atom is 0.0546 e. The summed E-state index contributed by atoms with van der Waals surface area (Å²) in [6.45, 7) is 15.0. The second kappa shape index (κ2) is 20.0. The maximum absolute atomic E-state index is 4.01. The highest BCUT2D eigenvalue weighted by atomic mass is 15.2. The quantitative estimate of drug-likeness (QED) is 0.0890. The zero-order valence-corrected chi connectivity index (χ0v) is 42.3. The maximum atomic E-state index is 4.01. The Kier molecular flexibility index (Phi) is 12.7. The minimum absolute atomic E-state index is 1.09. The van der Waals surface area contributed by atoms with Gasteiger partial charge >= 0.3 is 0 Å². The Morgan fingerprint density at radius 1 is 0.356 bits per heavy atom. The minimum atomic E-state index is 1.09. The first kappa shape index (κ1) is 46.4. The fourth-order valence-corrected chi connectivity index (χ4v) is 10.7. The number of rotatable bonds is 12. The first-order valence-electron chi connectivity index (χ1n) is 25.3. The van der Waals surface area contributed by atoms with E-state index < -0.39 is 0 Å². The Morgan fingerprint density at radius 2 is 0.795 bits per heavy atom. The minimum Gasteiger partial charge on any atom is -0.310 e. The average molecular weight is 939 g/mol. The zero-order chi connectivity index (χ0) is 50.0. The molecule has 0 heterocycles. The molecule has 0 amide bonds. The van der Waals surface area contributed by atoms with Crippen molar-refractivity contribution in [3.63, 3.8) is 0 Å². The van der Waals surface area contributed by atoms with Crippen molar-refractivity contribution in [3.05, 3.63) is 289 Å². The third kappa shape index (κ3) is 9.16. The lowest BCUT2D eigenvalue weighted by Gasteiger charge is -2.31. The third-order valence-electron chi connectivity index (χ3n) is 14.3. The normalized spacial score (nSPS) is 11.8. The Bertz CT molecular complexity index is 3900. The van der Waals surface area contributed by atoms with E-state index in [4.69, 9.17) is 0 Å². The van der Waals surface area contributed by atoms with E-state index in [9.17, 15) is 0 Å². The summed E-state index contributed by atoms with van der Waals surface area (Å²) in [5.74, 6) is 0. The average Bonchev–Trinajstić information content (AvgIpc) is 3.43. The van der Waals surface area contributed by atoms with Crippen molar-refractivity contribution in [2.45, 2.75) is 34.6 Å². The van der Waals surface area contributed by atoms with Crippen LogP contribution in [0.25, 0.3) is 65.7 Å². The van der Waals surface area contributed by atoms with E-state index in [0.29, 0.717) is 0 Å². The summed E-state index contributed by atoms with van der Waals surface area (Å²) >= 11 is 0. The summed E-state index contributed by atoms with van der Waals surface area (Å²) in [7, 11) is 0. The lowest BCUT2D eigenvalue weighted by molar-refractivity contribution is 1.25. The van der Waals surface area contributed by atoms with E-state index >= 15 is 0 Å². The van der Waals surface area contributed by atoms with Crippen LogP contribution in [0.1, 0.15) is 40.3 Å². The number of allylic oxidation sites excluding steroid dienone is 5. The first-order valence-corrected chi connectivity index (χ1v) is 25.3. The van der Waals surface area contributed by atoms with Gasteiger partial charge in [-0.2, -0.15) is 0 Å². The van der Waals surface area contributed by atoms with Gasteiger partial charge in [0.2, 0.25) is 0 Å². The number of nitrogens with zero attached hydrogens (tertiary/aromatic N) is 2. The molecule has 0 bridgehead atoms. The predicted octanol–water partition coefficient (Wildman–Crippen LogP) is 20.3. The fourth-order valence-electron chi connectivity index (χ4n) is 10.7. The highest BCUT2D eigenvalue weighted by Crippen LogP contribution is 2.49. The molecule has 352 valence electrons. The molecule has 0 radical (unpaired) electrons. The highest BCUT2D eigenvalue weighted by molar-refractivity contribution is 6.24. The molecular formula is C71H58N2. The van der Waals surface area contributed by atoms with Crippen molar-refractivity contribution in [2.75, 3.05) is 9.80 Å². The van der Waals surface area contributed by atoms with Crippen molar-refractivity contribution in [3.8, 4) is 22.3 Å². The second-order valence-electron chi connectivity index (χ2n) is 19.3. The molecule has 11 aromatic carbocycles. The summed E-state index contributed by atoms with van der Waals surface area (Å²) in [6, 6.07) is 84.6. The second-order valence-corrected chi connectivity index (χ2v) is 19.3. The molecule has 0 aliphatic carbocycles. The molecule has 0 N–H and O–H groups in total. The van der Waals surface area contributed by atoms with Gasteiger partial charge in [-0.1, -0.05) is 212 Å². The molecule has 2 nitrogen and oxygen atoms in total. The highest BCUT2D eigenvalue weighted by Gasteiger charge is 2.24. The molecule has 0 fully saturated rings. The van der Waals surface area contributed by atoms with Gasteiger partial charge in [-0.3, -0.25) is 0 Å². The van der Waals surface area contributed by atoms with Gasteiger partial charge in [-0.25, -0.2) is 0 Å². The summed E-state index contributed by atoms with van der Waals surface area (Å²) in [6.07, 6.45) is 6.20. The van der Waals surface area contributed by atoms with E-state index in [1.807, 2.05) is 6.08 Å². The van der Waals surface area contributed by atoms with Crippen LogP contribution in [0.4, 0.5) is 34.1 Å². The van der Waals surface area contributed by atoms with E-state index in [1.165, 1.54) is 82.4 Å². The predicted molar refractivity (Wildman–Crippen MR) is 316 cm³/mol. The molecule has 11 aromatic rings. The molecule has 0 atom stereocenters. The first-order chi connectivity index (χ1) is 35.7. The Labute approximate surface area is 430 Å². The molecule has 0 aliphatic heterocycles. The van der Waals surface area contributed by atoms with Crippen molar-refractivity contribution in [1.82, 2.24) is 0 Å². The van der Waals surface area contributed by atoms with Crippen molar-refractivity contribution < 1.29 is 0 Å². The van der Waals surface area contributed by atoms with Crippen LogP contribution in [0, 0.1) is 27.7 Å². The van der Waals surface area contributed by atoms with Gasteiger partial charge < -0.3 is 9.80 Å². The number of anilines is 6. The Hall–Kier alpha value is -8.98. The van der Waals surface area contributed by atoms with Crippen LogP contribution in [0.5, 0.6) is 0 Å². The molecule has 0 spiro atoms. The van der Waals surface area contributed by atoms with Crippen LogP contribution in [0.2, 0.25) is 0 Å². The molecule has 0 aromatic heterocycles. The van der Waals surface area contributed by atoms with Crippen LogP contribution in [-0.2, 0) is 0 Å². The number of hydrogen-bond acceptors (Lipinski definition) is 2. The fraction of sp³-hybridized carbons (Fsp3) is 0.0704.